The van der Waals surface area contributed by atoms with Crippen LogP contribution in [0, 0.1) is 11.3 Å². The molecule has 1 amide bonds. The lowest BCUT2D eigenvalue weighted by Gasteiger charge is -2.08. The topological polar surface area (TPSA) is 62.1 Å². The molecule has 1 N–H and O–H groups in total. The first-order valence-electron chi connectivity index (χ1n) is 9.29. The second-order valence-electron chi connectivity index (χ2n) is 6.67. The minimum absolute atomic E-state index is 0.0653. The molecule has 2 aromatic rings. The van der Waals surface area contributed by atoms with Gasteiger partial charge in [-0.05, 0) is 53.8 Å². The maximum Gasteiger partial charge on any atom is 0.266 e. The van der Waals surface area contributed by atoms with Crippen LogP contribution < -0.4 is 10.1 Å². The van der Waals surface area contributed by atoms with Crippen LogP contribution in [0.15, 0.2) is 54.1 Å². The summed E-state index contributed by atoms with van der Waals surface area (Å²) in [6.07, 6.45) is 3.69. The standard InChI is InChI=1S/C23H26N2O2/c1-4-5-14-27-22-12-10-21(11-13-22)25-23(26)20(16-24)15-18-6-8-19(9-7-18)17(2)3/h6-13,15,17H,4-5,14H2,1-3H3,(H,25,26). The summed E-state index contributed by atoms with van der Waals surface area (Å²) in [5, 5.41) is 12.1. The van der Waals surface area contributed by atoms with Crippen molar-refractivity contribution in [1.82, 2.24) is 0 Å². The highest BCUT2D eigenvalue weighted by atomic mass is 16.5. The van der Waals surface area contributed by atoms with E-state index in [4.69, 9.17) is 4.74 Å². The number of nitrogens with zero attached hydrogens (tertiary/aromatic N) is 1. The van der Waals surface area contributed by atoms with Crippen molar-refractivity contribution in [1.29, 1.82) is 5.26 Å². The number of hydrogen-bond donors (Lipinski definition) is 1. The number of ether oxygens (including phenoxy) is 1. The van der Waals surface area contributed by atoms with E-state index in [1.54, 1.807) is 18.2 Å². The number of rotatable bonds is 8. The van der Waals surface area contributed by atoms with Crippen LogP contribution in [0.25, 0.3) is 6.08 Å². The molecule has 0 radical (unpaired) electrons. The zero-order valence-electron chi connectivity index (χ0n) is 16.2. The van der Waals surface area contributed by atoms with Crippen molar-refractivity contribution in [3.8, 4) is 11.8 Å². The smallest absolute Gasteiger partial charge is 0.266 e. The van der Waals surface area contributed by atoms with Crippen LogP contribution in [0.5, 0.6) is 5.75 Å². The Bertz CT molecular complexity index is 813. The van der Waals surface area contributed by atoms with Crippen LogP contribution in [0.2, 0.25) is 0 Å². The Morgan fingerprint density at radius 2 is 1.81 bits per heavy atom. The van der Waals surface area contributed by atoms with Crippen LogP contribution in [0.4, 0.5) is 5.69 Å². The lowest BCUT2D eigenvalue weighted by atomic mass is 10.0. The van der Waals surface area contributed by atoms with Gasteiger partial charge in [0.15, 0.2) is 0 Å². The van der Waals surface area contributed by atoms with E-state index >= 15 is 0 Å². The van der Waals surface area contributed by atoms with Crippen molar-refractivity contribution in [2.75, 3.05) is 11.9 Å². The van der Waals surface area contributed by atoms with Crippen molar-refractivity contribution in [3.05, 3.63) is 65.2 Å². The van der Waals surface area contributed by atoms with E-state index < -0.39 is 5.91 Å². The molecular formula is C23H26N2O2. The summed E-state index contributed by atoms with van der Waals surface area (Å²) in [7, 11) is 0. The van der Waals surface area contributed by atoms with Gasteiger partial charge in [-0.15, -0.1) is 0 Å². The minimum Gasteiger partial charge on any atom is -0.494 e. The van der Waals surface area contributed by atoms with E-state index in [-0.39, 0.29) is 5.57 Å². The summed E-state index contributed by atoms with van der Waals surface area (Å²) in [6.45, 7) is 7.04. The molecule has 0 unspecified atom stereocenters. The third-order valence-electron chi connectivity index (χ3n) is 4.16. The second-order valence-corrected chi connectivity index (χ2v) is 6.67. The Morgan fingerprint density at radius 3 is 2.37 bits per heavy atom. The number of benzene rings is 2. The lowest BCUT2D eigenvalue weighted by Crippen LogP contribution is -2.13. The molecule has 0 atom stereocenters. The molecule has 0 spiro atoms. The van der Waals surface area contributed by atoms with Gasteiger partial charge in [0.05, 0.1) is 6.61 Å². The van der Waals surface area contributed by atoms with Crippen molar-refractivity contribution in [3.63, 3.8) is 0 Å². The Morgan fingerprint density at radius 1 is 1.15 bits per heavy atom. The summed E-state index contributed by atoms with van der Waals surface area (Å²) in [6, 6.07) is 17.0. The van der Waals surface area contributed by atoms with Gasteiger partial charge in [0.25, 0.3) is 5.91 Å². The molecule has 4 heteroatoms. The number of carbonyl (C=O) groups is 1. The molecule has 27 heavy (non-hydrogen) atoms. The number of hydrogen-bond acceptors (Lipinski definition) is 3. The number of nitrogens with one attached hydrogen (secondary N) is 1. The van der Waals surface area contributed by atoms with Gasteiger partial charge in [0.1, 0.15) is 17.4 Å². The van der Waals surface area contributed by atoms with Gasteiger partial charge in [-0.3, -0.25) is 4.79 Å². The first-order valence-corrected chi connectivity index (χ1v) is 9.29. The largest absolute Gasteiger partial charge is 0.494 e. The van der Waals surface area contributed by atoms with Crippen LogP contribution in [0.3, 0.4) is 0 Å². The zero-order valence-corrected chi connectivity index (χ0v) is 16.2. The van der Waals surface area contributed by atoms with E-state index in [2.05, 4.69) is 26.1 Å². The van der Waals surface area contributed by atoms with Crippen molar-refractivity contribution >= 4 is 17.7 Å². The number of anilines is 1. The second kappa shape index (κ2) is 10.2. The van der Waals surface area contributed by atoms with E-state index in [9.17, 15) is 10.1 Å². The lowest BCUT2D eigenvalue weighted by molar-refractivity contribution is -0.112. The van der Waals surface area contributed by atoms with Gasteiger partial charge >= 0.3 is 0 Å². The molecule has 0 saturated carbocycles. The van der Waals surface area contributed by atoms with Gasteiger partial charge in [-0.2, -0.15) is 5.26 Å². The molecule has 4 nitrogen and oxygen atoms in total. The van der Waals surface area contributed by atoms with E-state index in [1.807, 2.05) is 42.5 Å². The predicted octanol–water partition coefficient (Wildman–Crippen LogP) is 5.53. The molecule has 2 rings (SSSR count). The van der Waals surface area contributed by atoms with E-state index in [1.165, 1.54) is 5.56 Å². The number of nitriles is 1. The highest BCUT2D eigenvalue weighted by molar-refractivity contribution is 6.09. The van der Waals surface area contributed by atoms with Gasteiger partial charge in [0.2, 0.25) is 0 Å². The quantitative estimate of drug-likeness (QED) is 0.381. The SMILES string of the molecule is CCCCOc1ccc(NC(=O)C(C#N)=Cc2ccc(C(C)C)cc2)cc1. The predicted molar refractivity (Wildman–Crippen MR) is 110 cm³/mol. The third kappa shape index (κ3) is 6.31. The normalized spacial score (nSPS) is 11.1. The highest BCUT2D eigenvalue weighted by Gasteiger charge is 2.10. The fourth-order valence-electron chi connectivity index (χ4n) is 2.46. The Balaban J connectivity index is 2.03. The van der Waals surface area contributed by atoms with Crippen LogP contribution in [-0.4, -0.2) is 12.5 Å². The average molecular weight is 362 g/mol. The van der Waals surface area contributed by atoms with Crippen LogP contribution in [-0.2, 0) is 4.79 Å². The Kier molecular flexibility index (Phi) is 7.63. The van der Waals surface area contributed by atoms with Crippen LogP contribution >= 0.6 is 0 Å². The van der Waals surface area contributed by atoms with E-state index in [0.717, 1.165) is 24.2 Å². The fourth-order valence-corrected chi connectivity index (χ4v) is 2.46. The van der Waals surface area contributed by atoms with Crippen LogP contribution in [0.1, 0.15) is 50.7 Å². The zero-order chi connectivity index (χ0) is 19.6. The summed E-state index contributed by atoms with van der Waals surface area (Å²) >= 11 is 0. The average Bonchev–Trinajstić information content (AvgIpc) is 2.68. The molecule has 0 aliphatic carbocycles. The molecule has 0 aliphatic heterocycles. The summed E-state index contributed by atoms with van der Waals surface area (Å²) in [5.74, 6) is 0.781. The number of unbranched alkanes of at least 4 members (excludes halogenated alkanes) is 1. The van der Waals surface area contributed by atoms with Gasteiger partial charge in [-0.25, -0.2) is 0 Å². The molecule has 0 heterocycles. The van der Waals surface area contributed by atoms with Gasteiger partial charge in [0, 0.05) is 5.69 Å². The molecule has 0 saturated heterocycles. The highest BCUT2D eigenvalue weighted by Crippen LogP contribution is 2.18. The fraction of sp³-hybridized carbons (Fsp3) is 0.304. The minimum atomic E-state index is -0.426. The summed E-state index contributed by atoms with van der Waals surface area (Å²) < 4.78 is 5.60. The Labute approximate surface area is 161 Å². The van der Waals surface area contributed by atoms with Gasteiger partial charge < -0.3 is 10.1 Å². The summed E-state index contributed by atoms with van der Waals surface area (Å²) in [4.78, 5) is 12.4. The molecule has 0 aromatic heterocycles. The molecule has 0 fully saturated rings. The van der Waals surface area contributed by atoms with E-state index in [0.29, 0.717) is 18.2 Å². The van der Waals surface area contributed by atoms with Gasteiger partial charge in [-0.1, -0.05) is 51.5 Å². The monoisotopic (exact) mass is 362 g/mol. The molecule has 0 aliphatic rings. The molecule has 2 aromatic carbocycles. The number of amides is 1. The molecular weight excluding hydrogens is 336 g/mol. The first kappa shape index (κ1) is 20.3. The molecule has 0 bridgehead atoms. The first-order chi connectivity index (χ1) is 13.0. The van der Waals surface area contributed by atoms with Crippen molar-refractivity contribution in [2.45, 2.75) is 39.5 Å². The number of carbonyl (C=O) groups excluding carboxylic acids is 1. The maximum absolute atomic E-state index is 12.4. The Hall–Kier alpha value is -3.06. The van der Waals surface area contributed by atoms with Crippen molar-refractivity contribution < 1.29 is 9.53 Å². The van der Waals surface area contributed by atoms with Crippen molar-refractivity contribution in [2.24, 2.45) is 0 Å². The molecule has 140 valence electrons. The maximum atomic E-state index is 12.4. The summed E-state index contributed by atoms with van der Waals surface area (Å²) in [5.41, 5.74) is 2.73. The third-order valence-corrected chi connectivity index (χ3v) is 4.16.